The summed E-state index contributed by atoms with van der Waals surface area (Å²) < 4.78 is 4.43. The molecule has 0 N–H and O–H groups in total. The van der Waals surface area contributed by atoms with Gasteiger partial charge in [0.25, 0.3) is 6.47 Å². The van der Waals surface area contributed by atoms with Crippen LogP contribution in [0.2, 0.25) is 0 Å². The Hall–Kier alpha value is -0.570. The molecular weight excluding hydrogens is 132 g/mol. The fraction of sp³-hybridized carbons (Fsp3) is 0.857. The Labute approximate surface area is 60.0 Å². The van der Waals surface area contributed by atoms with Gasteiger partial charge in [0.1, 0.15) is 0 Å². The second kappa shape index (κ2) is 3.01. The zero-order valence-electron chi connectivity index (χ0n) is 5.84. The summed E-state index contributed by atoms with van der Waals surface area (Å²) in [6, 6.07) is 0. The van der Waals surface area contributed by atoms with Gasteiger partial charge in [0.15, 0.2) is 0 Å². The number of hydrogen-bond donors (Lipinski definition) is 0. The Bertz CT molecular complexity index is 116. The van der Waals surface area contributed by atoms with Gasteiger partial charge in [0.05, 0.1) is 0 Å². The molecule has 0 amide bonds. The van der Waals surface area contributed by atoms with Crippen LogP contribution in [0, 0.1) is 0 Å². The normalized spacial score (nSPS) is 23.7. The van der Waals surface area contributed by atoms with Crippen LogP contribution in [0.15, 0.2) is 0 Å². The molecule has 0 aromatic heterocycles. The standard InChI is InChI=1S/C7H11O3/c8-6-10-7(9)4-2-1-3-5-7/h6H,1-5H2. The lowest BCUT2D eigenvalue weighted by Crippen LogP contribution is -2.32. The summed E-state index contributed by atoms with van der Waals surface area (Å²) in [5, 5.41) is 11.3. The lowest BCUT2D eigenvalue weighted by Gasteiger charge is -2.26. The number of hydrogen-bond acceptors (Lipinski definition) is 2. The van der Waals surface area contributed by atoms with Crippen LogP contribution in [0.25, 0.3) is 0 Å². The van der Waals surface area contributed by atoms with Crippen LogP contribution < -0.4 is 0 Å². The third-order valence-electron chi connectivity index (χ3n) is 1.88. The van der Waals surface area contributed by atoms with E-state index in [4.69, 9.17) is 0 Å². The third kappa shape index (κ3) is 1.70. The van der Waals surface area contributed by atoms with Gasteiger partial charge in [-0.15, -0.1) is 0 Å². The molecule has 0 aromatic rings. The highest BCUT2D eigenvalue weighted by Gasteiger charge is 2.32. The van der Waals surface area contributed by atoms with E-state index in [1.54, 1.807) is 0 Å². The maximum absolute atomic E-state index is 11.3. The zero-order chi connectivity index (χ0) is 7.45. The molecule has 3 nitrogen and oxygen atoms in total. The minimum Gasteiger partial charge on any atom is -0.433 e. The first kappa shape index (κ1) is 7.54. The minimum atomic E-state index is -1.39. The molecule has 0 aromatic carbocycles. The molecule has 0 bridgehead atoms. The Morgan fingerprint density at radius 1 is 1.20 bits per heavy atom. The molecule has 0 spiro atoms. The Morgan fingerprint density at radius 3 is 2.30 bits per heavy atom. The van der Waals surface area contributed by atoms with Crippen molar-refractivity contribution in [3.05, 3.63) is 0 Å². The molecule has 1 fully saturated rings. The van der Waals surface area contributed by atoms with Gasteiger partial charge in [-0.1, -0.05) is 6.42 Å². The van der Waals surface area contributed by atoms with Crippen molar-refractivity contribution in [2.45, 2.75) is 37.9 Å². The number of rotatable bonds is 2. The minimum absolute atomic E-state index is 0.262. The molecule has 0 saturated heterocycles. The lowest BCUT2D eigenvalue weighted by atomic mass is 9.94. The smallest absolute Gasteiger partial charge is 0.295 e. The molecular formula is C7H11O3. The molecule has 3 heteroatoms. The predicted octanol–water partition coefficient (Wildman–Crippen LogP) is 1.25. The van der Waals surface area contributed by atoms with Crippen molar-refractivity contribution < 1.29 is 14.6 Å². The topological polar surface area (TPSA) is 46.2 Å². The molecule has 1 aliphatic carbocycles. The molecule has 10 heavy (non-hydrogen) atoms. The SMILES string of the molecule is [O]C1(OC=O)CCCCC1. The van der Waals surface area contributed by atoms with Gasteiger partial charge in [-0.3, -0.25) is 4.79 Å². The first-order valence-electron chi connectivity index (χ1n) is 3.59. The van der Waals surface area contributed by atoms with Crippen LogP contribution in [0.4, 0.5) is 0 Å². The summed E-state index contributed by atoms with van der Waals surface area (Å²) in [5.74, 6) is -1.39. The maximum Gasteiger partial charge on any atom is 0.295 e. The Morgan fingerprint density at radius 2 is 1.80 bits per heavy atom. The summed E-state index contributed by atoms with van der Waals surface area (Å²) >= 11 is 0. The summed E-state index contributed by atoms with van der Waals surface area (Å²) in [4.78, 5) is 9.86. The van der Waals surface area contributed by atoms with Crippen LogP contribution in [0.5, 0.6) is 0 Å². The number of carbonyl (C=O) groups is 1. The summed E-state index contributed by atoms with van der Waals surface area (Å²) in [6.07, 6.45) is 3.82. The molecule has 1 rings (SSSR count). The van der Waals surface area contributed by atoms with E-state index in [-0.39, 0.29) is 6.47 Å². The van der Waals surface area contributed by atoms with Crippen molar-refractivity contribution >= 4 is 6.47 Å². The number of carbonyl (C=O) groups excluding carboxylic acids is 1. The molecule has 0 aliphatic heterocycles. The molecule has 57 valence electrons. The van der Waals surface area contributed by atoms with E-state index in [2.05, 4.69) is 4.74 Å². The van der Waals surface area contributed by atoms with Crippen LogP contribution >= 0.6 is 0 Å². The van der Waals surface area contributed by atoms with Gasteiger partial charge in [-0.25, -0.2) is 0 Å². The van der Waals surface area contributed by atoms with Gasteiger partial charge >= 0.3 is 0 Å². The summed E-state index contributed by atoms with van der Waals surface area (Å²) in [5.41, 5.74) is 0. The van der Waals surface area contributed by atoms with Gasteiger partial charge in [-0.2, -0.15) is 5.11 Å². The van der Waals surface area contributed by atoms with Gasteiger partial charge in [0, 0.05) is 12.8 Å². The quantitative estimate of drug-likeness (QED) is 0.431. The molecule has 0 heterocycles. The first-order valence-corrected chi connectivity index (χ1v) is 3.59. The van der Waals surface area contributed by atoms with E-state index in [0.29, 0.717) is 12.8 Å². The van der Waals surface area contributed by atoms with Gasteiger partial charge in [0.2, 0.25) is 5.79 Å². The van der Waals surface area contributed by atoms with Crippen LogP contribution in [0.3, 0.4) is 0 Å². The van der Waals surface area contributed by atoms with E-state index in [9.17, 15) is 9.90 Å². The van der Waals surface area contributed by atoms with Crippen LogP contribution in [-0.2, 0) is 14.6 Å². The molecule has 1 aliphatic rings. The molecule has 1 saturated carbocycles. The van der Waals surface area contributed by atoms with E-state index >= 15 is 0 Å². The second-order valence-electron chi connectivity index (χ2n) is 2.69. The highest BCUT2D eigenvalue weighted by atomic mass is 16.6. The van der Waals surface area contributed by atoms with Crippen molar-refractivity contribution in [3.8, 4) is 0 Å². The Kier molecular flexibility index (Phi) is 2.27. The van der Waals surface area contributed by atoms with E-state index in [0.717, 1.165) is 19.3 Å². The van der Waals surface area contributed by atoms with E-state index in [1.807, 2.05) is 0 Å². The predicted molar refractivity (Wildman–Crippen MR) is 33.7 cm³/mol. The zero-order valence-corrected chi connectivity index (χ0v) is 5.84. The molecule has 0 unspecified atom stereocenters. The average molecular weight is 143 g/mol. The van der Waals surface area contributed by atoms with Crippen molar-refractivity contribution in [2.75, 3.05) is 0 Å². The fourth-order valence-electron chi connectivity index (χ4n) is 1.30. The number of ether oxygens (including phenoxy) is 1. The van der Waals surface area contributed by atoms with E-state index < -0.39 is 5.79 Å². The van der Waals surface area contributed by atoms with Crippen molar-refractivity contribution in [1.29, 1.82) is 0 Å². The van der Waals surface area contributed by atoms with Gasteiger partial charge < -0.3 is 4.74 Å². The molecule has 1 radical (unpaired) electrons. The highest BCUT2D eigenvalue weighted by Crippen LogP contribution is 2.28. The van der Waals surface area contributed by atoms with Crippen LogP contribution in [-0.4, -0.2) is 12.3 Å². The molecule has 0 atom stereocenters. The summed E-state index contributed by atoms with van der Waals surface area (Å²) in [7, 11) is 0. The second-order valence-corrected chi connectivity index (χ2v) is 2.69. The largest absolute Gasteiger partial charge is 0.433 e. The fourth-order valence-corrected chi connectivity index (χ4v) is 1.30. The monoisotopic (exact) mass is 143 g/mol. The lowest BCUT2D eigenvalue weighted by molar-refractivity contribution is -0.236. The average Bonchev–Trinajstić information content (AvgIpc) is 1.89. The van der Waals surface area contributed by atoms with Crippen molar-refractivity contribution in [1.82, 2.24) is 0 Å². The van der Waals surface area contributed by atoms with Crippen LogP contribution in [0.1, 0.15) is 32.1 Å². The van der Waals surface area contributed by atoms with E-state index in [1.165, 1.54) is 0 Å². The summed E-state index contributed by atoms with van der Waals surface area (Å²) in [6.45, 7) is 0.262. The maximum atomic E-state index is 11.3. The highest BCUT2D eigenvalue weighted by molar-refractivity contribution is 5.37. The Balaban J connectivity index is 2.39. The third-order valence-corrected chi connectivity index (χ3v) is 1.88. The van der Waals surface area contributed by atoms with Gasteiger partial charge in [-0.05, 0) is 12.8 Å². The van der Waals surface area contributed by atoms with Crippen molar-refractivity contribution in [2.24, 2.45) is 0 Å². The van der Waals surface area contributed by atoms with Crippen molar-refractivity contribution in [3.63, 3.8) is 0 Å². The first-order chi connectivity index (χ1) is 4.77.